The highest BCUT2D eigenvalue weighted by atomic mass is 127. The molecule has 1 atom stereocenters. The Labute approximate surface area is 169 Å². The molecule has 0 bridgehead atoms. The Morgan fingerprint density at radius 1 is 1.32 bits per heavy atom. The van der Waals surface area contributed by atoms with E-state index in [-0.39, 0.29) is 41.6 Å². The zero-order chi connectivity index (χ0) is 17.5. The van der Waals surface area contributed by atoms with E-state index in [1.54, 1.807) is 36.6 Å². The average molecular weight is 478 g/mol. The number of para-hydroxylation sites is 1. The number of aryl methyl sites for hydroxylation is 2. The zero-order valence-electron chi connectivity index (χ0n) is 14.8. The summed E-state index contributed by atoms with van der Waals surface area (Å²) in [5.74, 6) is 0.567. The first-order chi connectivity index (χ1) is 11.5. The molecule has 2 rings (SSSR count). The summed E-state index contributed by atoms with van der Waals surface area (Å²) < 4.78 is 19.2. The van der Waals surface area contributed by atoms with E-state index in [1.807, 2.05) is 20.8 Å². The van der Waals surface area contributed by atoms with Gasteiger partial charge in [-0.3, -0.25) is 4.99 Å². The van der Waals surface area contributed by atoms with Gasteiger partial charge in [0, 0.05) is 11.9 Å². The zero-order valence-corrected chi connectivity index (χ0v) is 17.9. The summed E-state index contributed by atoms with van der Waals surface area (Å²) in [5, 5.41) is 7.49. The molecular formula is C17H24FIN4OS. The Morgan fingerprint density at radius 3 is 2.64 bits per heavy atom. The monoisotopic (exact) mass is 478 g/mol. The van der Waals surface area contributed by atoms with E-state index in [1.165, 1.54) is 10.9 Å². The number of nitrogens with one attached hydrogen (secondary N) is 2. The van der Waals surface area contributed by atoms with Crippen LogP contribution < -0.4 is 15.4 Å². The first kappa shape index (κ1) is 21.6. The van der Waals surface area contributed by atoms with Gasteiger partial charge in [0.15, 0.2) is 17.5 Å². The van der Waals surface area contributed by atoms with Gasteiger partial charge in [0.2, 0.25) is 0 Å². The van der Waals surface area contributed by atoms with Crippen molar-refractivity contribution >= 4 is 41.3 Å². The molecule has 0 saturated carbocycles. The summed E-state index contributed by atoms with van der Waals surface area (Å²) in [6.45, 7) is 7.05. The van der Waals surface area contributed by atoms with Crippen LogP contribution in [0.15, 0.2) is 29.3 Å². The normalized spacial score (nSPS) is 12.3. The van der Waals surface area contributed by atoms with Crippen LogP contribution >= 0.6 is 35.3 Å². The minimum Gasteiger partial charge on any atom is -0.486 e. The molecule has 1 unspecified atom stereocenters. The second-order valence-electron chi connectivity index (χ2n) is 5.41. The lowest BCUT2D eigenvalue weighted by atomic mass is 10.3. The van der Waals surface area contributed by atoms with Gasteiger partial charge in [-0.2, -0.15) is 0 Å². The molecule has 138 valence electrons. The van der Waals surface area contributed by atoms with Gasteiger partial charge in [0.25, 0.3) is 0 Å². The molecule has 1 aromatic heterocycles. The number of halogens is 2. The predicted octanol–water partition coefficient (Wildman–Crippen LogP) is 3.65. The van der Waals surface area contributed by atoms with Gasteiger partial charge in [-0.1, -0.05) is 12.1 Å². The summed E-state index contributed by atoms with van der Waals surface area (Å²) in [4.78, 5) is 9.78. The number of aromatic nitrogens is 1. The lowest BCUT2D eigenvalue weighted by Gasteiger charge is -2.18. The largest absolute Gasteiger partial charge is 0.486 e. The van der Waals surface area contributed by atoms with Gasteiger partial charge in [-0.05, 0) is 32.9 Å². The van der Waals surface area contributed by atoms with E-state index in [0.717, 1.165) is 10.7 Å². The minimum absolute atomic E-state index is 0. The molecule has 2 aromatic rings. The fourth-order valence-corrected chi connectivity index (χ4v) is 3.04. The number of aliphatic imine (C=N–C) groups is 1. The highest BCUT2D eigenvalue weighted by molar-refractivity contribution is 14.0. The van der Waals surface area contributed by atoms with Crippen LogP contribution in [-0.4, -0.2) is 30.6 Å². The smallest absolute Gasteiger partial charge is 0.191 e. The van der Waals surface area contributed by atoms with Crippen molar-refractivity contribution in [1.29, 1.82) is 0 Å². The van der Waals surface area contributed by atoms with E-state index < -0.39 is 0 Å². The third-order valence-corrected chi connectivity index (χ3v) is 4.43. The van der Waals surface area contributed by atoms with Crippen molar-refractivity contribution in [3.05, 3.63) is 45.7 Å². The number of hydrogen-bond donors (Lipinski definition) is 2. The minimum atomic E-state index is -0.358. The number of guanidine groups is 1. The van der Waals surface area contributed by atoms with Gasteiger partial charge < -0.3 is 15.4 Å². The van der Waals surface area contributed by atoms with Crippen molar-refractivity contribution in [2.24, 2.45) is 4.99 Å². The lowest BCUT2D eigenvalue weighted by molar-refractivity contribution is 0.214. The van der Waals surface area contributed by atoms with Crippen molar-refractivity contribution < 1.29 is 9.13 Å². The van der Waals surface area contributed by atoms with Crippen LogP contribution in [0.3, 0.4) is 0 Å². The van der Waals surface area contributed by atoms with Crippen molar-refractivity contribution in [2.75, 3.05) is 13.6 Å². The second-order valence-corrected chi connectivity index (χ2v) is 6.69. The Hall–Kier alpha value is -1.42. The number of hydrogen-bond acceptors (Lipinski definition) is 4. The van der Waals surface area contributed by atoms with Crippen molar-refractivity contribution in [3.63, 3.8) is 0 Å². The summed E-state index contributed by atoms with van der Waals surface area (Å²) in [7, 11) is 1.71. The Kier molecular flexibility index (Phi) is 9.12. The molecule has 0 amide bonds. The Balaban J connectivity index is 0.00000312. The molecule has 8 heteroatoms. The quantitative estimate of drug-likeness (QED) is 0.378. The summed E-state index contributed by atoms with van der Waals surface area (Å²) >= 11 is 1.67. The van der Waals surface area contributed by atoms with Gasteiger partial charge in [0.05, 0.1) is 23.8 Å². The van der Waals surface area contributed by atoms with Crippen LogP contribution in [0.2, 0.25) is 0 Å². The Morgan fingerprint density at radius 2 is 2.04 bits per heavy atom. The van der Waals surface area contributed by atoms with Crippen LogP contribution in [0.5, 0.6) is 5.75 Å². The van der Waals surface area contributed by atoms with E-state index in [9.17, 15) is 4.39 Å². The molecule has 1 aromatic carbocycles. The molecule has 0 radical (unpaired) electrons. The molecule has 0 aliphatic heterocycles. The van der Waals surface area contributed by atoms with E-state index in [0.29, 0.717) is 19.0 Å². The van der Waals surface area contributed by atoms with Crippen LogP contribution in [0.1, 0.15) is 22.5 Å². The Bertz CT molecular complexity index is 708. The van der Waals surface area contributed by atoms with Gasteiger partial charge in [0.1, 0.15) is 6.10 Å². The maximum absolute atomic E-state index is 13.6. The maximum atomic E-state index is 13.6. The summed E-state index contributed by atoms with van der Waals surface area (Å²) in [6, 6.07) is 6.39. The number of ether oxygens (including phenoxy) is 1. The third kappa shape index (κ3) is 6.77. The highest BCUT2D eigenvalue weighted by Gasteiger charge is 2.10. The van der Waals surface area contributed by atoms with Crippen LogP contribution in [0, 0.1) is 19.7 Å². The molecule has 0 fully saturated rings. The van der Waals surface area contributed by atoms with E-state index in [2.05, 4.69) is 20.6 Å². The molecule has 0 saturated heterocycles. The summed E-state index contributed by atoms with van der Waals surface area (Å²) in [6.07, 6.45) is -0.201. The van der Waals surface area contributed by atoms with Gasteiger partial charge >= 0.3 is 0 Å². The van der Waals surface area contributed by atoms with Gasteiger partial charge in [-0.25, -0.2) is 9.37 Å². The molecular weight excluding hydrogens is 454 g/mol. The molecule has 0 aliphatic rings. The van der Waals surface area contributed by atoms with Crippen LogP contribution in [-0.2, 0) is 6.54 Å². The van der Waals surface area contributed by atoms with Crippen molar-refractivity contribution in [1.82, 2.24) is 15.6 Å². The van der Waals surface area contributed by atoms with Crippen LogP contribution in [0.4, 0.5) is 4.39 Å². The molecule has 0 spiro atoms. The molecule has 1 heterocycles. The molecule has 25 heavy (non-hydrogen) atoms. The SMILES string of the molecule is CN=C(NCc1sc(C)nc1C)NCC(C)Oc1ccccc1F.I. The predicted molar refractivity (Wildman–Crippen MR) is 112 cm³/mol. The first-order valence-electron chi connectivity index (χ1n) is 7.78. The third-order valence-electron chi connectivity index (χ3n) is 3.36. The average Bonchev–Trinajstić information content (AvgIpc) is 2.87. The van der Waals surface area contributed by atoms with Gasteiger partial charge in [-0.15, -0.1) is 35.3 Å². The first-order valence-corrected chi connectivity index (χ1v) is 8.60. The molecule has 2 N–H and O–H groups in total. The summed E-state index contributed by atoms with van der Waals surface area (Å²) in [5.41, 5.74) is 1.04. The fourth-order valence-electron chi connectivity index (χ4n) is 2.16. The topological polar surface area (TPSA) is 58.5 Å². The highest BCUT2D eigenvalue weighted by Crippen LogP contribution is 2.17. The van der Waals surface area contributed by atoms with Crippen LogP contribution in [0.25, 0.3) is 0 Å². The number of nitrogens with zero attached hydrogens (tertiary/aromatic N) is 2. The standard InChI is InChI=1S/C17H23FN4OS.HI/c1-11(23-15-8-6-5-7-14(15)18)9-20-17(19-4)21-10-16-12(2)22-13(3)24-16;/h5-8,11H,9-10H2,1-4H3,(H2,19,20,21);1H. The van der Waals surface area contributed by atoms with E-state index in [4.69, 9.17) is 4.74 Å². The second kappa shape index (κ2) is 10.5. The lowest BCUT2D eigenvalue weighted by Crippen LogP contribution is -2.41. The fraction of sp³-hybridized carbons (Fsp3) is 0.412. The molecule has 0 aliphatic carbocycles. The van der Waals surface area contributed by atoms with E-state index >= 15 is 0 Å². The number of rotatable bonds is 6. The molecule has 5 nitrogen and oxygen atoms in total. The van der Waals surface area contributed by atoms with Crippen molar-refractivity contribution in [2.45, 2.75) is 33.4 Å². The van der Waals surface area contributed by atoms with Crippen molar-refractivity contribution in [3.8, 4) is 5.75 Å². The maximum Gasteiger partial charge on any atom is 0.191 e. The number of thiazole rings is 1. The number of benzene rings is 1.